The Morgan fingerprint density at radius 3 is 2.39 bits per heavy atom. The van der Waals surface area contributed by atoms with Crippen molar-refractivity contribution in [3.8, 4) is 23.0 Å². The molecule has 3 N–H and O–H groups in total. The van der Waals surface area contributed by atoms with Crippen molar-refractivity contribution in [1.82, 2.24) is 10.2 Å². The van der Waals surface area contributed by atoms with Gasteiger partial charge in [0.25, 0.3) is 5.69 Å². The van der Waals surface area contributed by atoms with E-state index in [-0.39, 0.29) is 88.0 Å². The number of unbranched alkanes of at least 4 members (excludes halogenated alkanes) is 2. The molecular formula is C54H60N4O12. The van der Waals surface area contributed by atoms with Crippen molar-refractivity contribution in [3.63, 3.8) is 0 Å². The fraction of sp³-hybridized carbons (Fsp3) is 0.426. The van der Waals surface area contributed by atoms with Crippen LogP contribution in [0.15, 0.2) is 120 Å². The quantitative estimate of drug-likeness (QED) is 0.0293. The lowest BCUT2D eigenvalue weighted by Crippen LogP contribution is -2.70. The van der Waals surface area contributed by atoms with Crippen molar-refractivity contribution in [1.29, 1.82) is 0 Å². The number of aliphatic hydroxyl groups is 2. The number of benzene rings is 4. The number of oxime groups is 1. The molecule has 2 heterocycles. The van der Waals surface area contributed by atoms with Crippen LogP contribution in [0, 0.1) is 33.8 Å². The van der Waals surface area contributed by atoms with Crippen molar-refractivity contribution >= 4 is 23.4 Å². The van der Waals surface area contributed by atoms with Gasteiger partial charge in [-0.25, -0.2) is 4.79 Å². The number of fused-ring (bicyclic) bond motifs is 3. The molecular weight excluding hydrogens is 897 g/mol. The van der Waals surface area contributed by atoms with Gasteiger partial charge in [-0.3, -0.25) is 14.9 Å². The number of nitro groups is 1. The summed E-state index contributed by atoms with van der Waals surface area (Å²) in [6.45, 7) is 4.79. The highest BCUT2D eigenvalue weighted by Crippen LogP contribution is 2.62. The highest BCUT2D eigenvalue weighted by molar-refractivity contribution is 6.03. The number of nitrogens with zero attached hydrogens (tertiary/aromatic N) is 3. The molecule has 368 valence electrons. The Morgan fingerprint density at radius 2 is 1.64 bits per heavy atom. The third kappa shape index (κ3) is 10.5. The van der Waals surface area contributed by atoms with Crippen LogP contribution in [0.25, 0.3) is 0 Å². The summed E-state index contributed by atoms with van der Waals surface area (Å²) in [5, 5.41) is 39.3. The van der Waals surface area contributed by atoms with Crippen LogP contribution in [0.5, 0.6) is 23.0 Å². The van der Waals surface area contributed by atoms with E-state index in [1.807, 2.05) is 65.6 Å². The first-order valence-corrected chi connectivity index (χ1v) is 24.3. The van der Waals surface area contributed by atoms with Gasteiger partial charge in [0.05, 0.1) is 23.2 Å². The molecule has 2 aliphatic heterocycles. The lowest BCUT2D eigenvalue weighted by molar-refractivity contribution is -0.384. The molecule has 0 unspecified atom stereocenters. The number of hydrogen-bond donors (Lipinski definition) is 3. The monoisotopic (exact) mass is 956 g/mol. The Bertz CT molecular complexity index is 2580. The summed E-state index contributed by atoms with van der Waals surface area (Å²) in [4.78, 5) is 47.5. The second-order valence-electron chi connectivity index (χ2n) is 18.6. The van der Waals surface area contributed by atoms with E-state index >= 15 is 4.79 Å². The van der Waals surface area contributed by atoms with Gasteiger partial charge in [0.2, 0.25) is 18.5 Å². The number of nitro benzene ring substituents is 1. The number of hydrogen-bond acceptors (Lipinski definition) is 13. The first-order valence-electron chi connectivity index (χ1n) is 24.3. The number of nitrogens with one attached hydrogen (secondary N) is 1. The summed E-state index contributed by atoms with van der Waals surface area (Å²) >= 11 is 0. The molecule has 2 fully saturated rings. The smallest absolute Gasteiger partial charge is 0.412 e. The van der Waals surface area contributed by atoms with Crippen LogP contribution in [-0.2, 0) is 34.1 Å². The van der Waals surface area contributed by atoms with E-state index < -0.39 is 28.8 Å². The number of carbonyl (C=O) groups is 2. The SMILES string of the molecule is C=CCO[C@@]12Oc3ccc(OC(=O)NCc4ccccc4)cc3[C@H]3[C@H](CCCCO)[C@@H](CCCCO)C=C(C(=NOCc4ccc([N+](=O)[O-])cc4)C[C@@H]1N(Cc1ccc4c(c1)OCO4)C(=O)C1CC1)[C@H]32. The molecule has 5 aliphatic rings. The number of non-ortho nitro benzene ring substituents is 1. The average molecular weight is 957 g/mol. The topological polar surface area (TPSA) is 201 Å². The summed E-state index contributed by atoms with van der Waals surface area (Å²) in [6.07, 6.45) is 9.09. The minimum Gasteiger partial charge on any atom is -0.459 e. The Hall–Kier alpha value is -6.75. The summed E-state index contributed by atoms with van der Waals surface area (Å²) < 4.78 is 32.0. The van der Waals surface area contributed by atoms with Crippen molar-refractivity contribution in [3.05, 3.63) is 148 Å². The third-order valence-electron chi connectivity index (χ3n) is 14.1. The summed E-state index contributed by atoms with van der Waals surface area (Å²) in [5.74, 6) is -0.809. The first kappa shape index (κ1) is 48.3. The molecule has 4 aromatic carbocycles. The van der Waals surface area contributed by atoms with Gasteiger partial charge in [0, 0.05) is 62.3 Å². The van der Waals surface area contributed by atoms with Crippen LogP contribution in [0.3, 0.4) is 0 Å². The number of carbonyl (C=O) groups excluding carboxylic acids is 2. The number of rotatable bonds is 22. The molecule has 0 saturated heterocycles. The van der Waals surface area contributed by atoms with Gasteiger partial charge in [-0.1, -0.05) is 66.5 Å². The van der Waals surface area contributed by atoms with E-state index in [1.54, 1.807) is 24.3 Å². The average Bonchev–Trinajstić information content (AvgIpc) is 4.12. The second-order valence-corrected chi connectivity index (χ2v) is 18.6. The van der Waals surface area contributed by atoms with E-state index in [4.69, 9.17) is 33.7 Å². The first-order chi connectivity index (χ1) is 34.2. The van der Waals surface area contributed by atoms with Crippen LogP contribution in [0.2, 0.25) is 0 Å². The van der Waals surface area contributed by atoms with E-state index in [2.05, 4.69) is 18.0 Å². The van der Waals surface area contributed by atoms with Crippen LogP contribution < -0.4 is 24.3 Å². The van der Waals surface area contributed by atoms with Crippen molar-refractivity contribution in [2.75, 3.05) is 26.6 Å². The normalized spacial score (nSPS) is 23.3. The minimum atomic E-state index is -1.52. The predicted molar refractivity (Wildman–Crippen MR) is 258 cm³/mol. The highest BCUT2D eigenvalue weighted by Gasteiger charge is 2.66. The number of amides is 2. The molecule has 2 amide bonds. The Kier molecular flexibility index (Phi) is 15.1. The van der Waals surface area contributed by atoms with Crippen LogP contribution >= 0.6 is 0 Å². The molecule has 3 aliphatic carbocycles. The van der Waals surface area contributed by atoms with E-state index in [9.17, 15) is 25.1 Å². The Balaban J connectivity index is 1.19. The maximum atomic E-state index is 15.0. The van der Waals surface area contributed by atoms with Crippen LogP contribution in [0.4, 0.5) is 10.5 Å². The molecule has 9 rings (SSSR count). The van der Waals surface area contributed by atoms with E-state index in [1.165, 1.54) is 12.1 Å². The predicted octanol–water partition coefficient (Wildman–Crippen LogP) is 8.88. The molecule has 0 radical (unpaired) electrons. The Morgan fingerprint density at radius 1 is 0.900 bits per heavy atom. The van der Waals surface area contributed by atoms with Crippen molar-refractivity contribution < 1.29 is 53.2 Å². The lowest BCUT2D eigenvalue weighted by atomic mass is 9.55. The fourth-order valence-corrected chi connectivity index (χ4v) is 10.7. The van der Waals surface area contributed by atoms with Gasteiger partial charge in [-0.15, -0.1) is 6.58 Å². The molecule has 16 nitrogen and oxygen atoms in total. The van der Waals surface area contributed by atoms with E-state index in [0.29, 0.717) is 53.5 Å². The molecule has 2 saturated carbocycles. The zero-order valence-corrected chi connectivity index (χ0v) is 39.1. The molecule has 6 atom stereocenters. The summed E-state index contributed by atoms with van der Waals surface area (Å²) in [6, 6.07) is 26.0. The standard InChI is InChI=1S/C54H60N4O12/c1-2-26-67-54-49(57(52(61)38-17-18-38)32-37-16-22-47-48(27-37)66-34-65-47)30-45(56-68-33-36-14-19-40(20-15-36)58(63)64)43-28-39(12-6-8-24-59)42(13-7-9-25-60)50(51(43)54)44-29-41(21-23-46(44)70-54)69-53(62)55-31-35-10-4-3-5-11-35/h2-5,10-11,14-16,19-23,27-29,38-39,42,49-51,59-60H,1,6-9,12-13,17-18,24-26,30-34H2,(H,55,62)/t39-,42+,49-,50+,51+,54+/m0/s1. The van der Waals surface area contributed by atoms with Gasteiger partial charge < -0.3 is 49.0 Å². The highest BCUT2D eigenvalue weighted by atomic mass is 16.7. The van der Waals surface area contributed by atoms with Crippen LogP contribution in [-0.4, -0.2) is 76.2 Å². The zero-order chi connectivity index (χ0) is 48.6. The molecule has 4 aromatic rings. The second kappa shape index (κ2) is 21.9. The molecule has 0 spiro atoms. The van der Waals surface area contributed by atoms with Crippen molar-refractivity contribution in [2.24, 2.45) is 28.8 Å². The van der Waals surface area contributed by atoms with Gasteiger partial charge in [-0.2, -0.15) is 0 Å². The van der Waals surface area contributed by atoms with Gasteiger partial charge in [-0.05, 0) is 115 Å². The molecule has 0 bridgehead atoms. The summed E-state index contributed by atoms with van der Waals surface area (Å²) in [5.41, 5.74) is 4.60. The van der Waals surface area contributed by atoms with Crippen molar-refractivity contribution in [2.45, 2.75) is 95.2 Å². The van der Waals surface area contributed by atoms with Gasteiger partial charge >= 0.3 is 6.09 Å². The van der Waals surface area contributed by atoms with Gasteiger partial charge in [0.1, 0.15) is 24.1 Å². The van der Waals surface area contributed by atoms with E-state index in [0.717, 1.165) is 54.4 Å². The number of ether oxygens (including phenoxy) is 5. The summed E-state index contributed by atoms with van der Waals surface area (Å²) in [7, 11) is 0. The molecule has 0 aromatic heterocycles. The largest absolute Gasteiger partial charge is 0.459 e. The van der Waals surface area contributed by atoms with Gasteiger partial charge in [0.15, 0.2) is 11.5 Å². The maximum absolute atomic E-state index is 15.0. The maximum Gasteiger partial charge on any atom is 0.412 e. The zero-order valence-electron chi connectivity index (χ0n) is 39.1. The third-order valence-corrected chi connectivity index (χ3v) is 14.1. The fourth-order valence-electron chi connectivity index (χ4n) is 10.7. The lowest BCUT2D eigenvalue weighted by Gasteiger charge is -2.60. The minimum absolute atomic E-state index is 0.0175. The van der Waals surface area contributed by atoms with Crippen LogP contribution in [0.1, 0.15) is 86.0 Å². The number of aliphatic hydroxyl groups excluding tert-OH is 2. The molecule has 16 heteroatoms. The Labute approximate surface area is 407 Å². The number of allylic oxidation sites excluding steroid dienone is 1. The molecule has 70 heavy (non-hydrogen) atoms.